The summed E-state index contributed by atoms with van der Waals surface area (Å²) in [6, 6.07) is 0. The van der Waals surface area contributed by atoms with Crippen LogP contribution in [-0.4, -0.2) is 37.0 Å². The van der Waals surface area contributed by atoms with Crippen LogP contribution < -0.4 is 0 Å². The number of unbranched alkanes of at least 4 members (excludes halogenated alkanes) is 25. The van der Waals surface area contributed by atoms with Gasteiger partial charge in [-0.2, -0.15) is 0 Å². The first-order valence-corrected chi connectivity index (χ1v) is 22.2. The molecule has 0 fully saturated rings. The molecule has 0 bridgehead atoms. The molecule has 0 heterocycles. The van der Waals surface area contributed by atoms with Crippen molar-refractivity contribution in [3.8, 4) is 0 Å². The van der Waals surface area contributed by atoms with Gasteiger partial charge >= 0.3 is 5.97 Å². The van der Waals surface area contributed by atoms with E-state index in [1.807, 2.05) is 0 Å². The number of allylic oxidation sites excluding steroid dienone is 8. The van der Waals surface area contributed by atoms with E-state index in [2.05, 4.69) is 62.5 Å². The molecule has 1 unspecified atom stereocenters. The molecule has 0 spiro atoms. The summed E-state index contributed by atoms with van der Waals surface area (Å²) in [5.74, 6) is -0.200. The van der Waals surface area contributed by atoms with Crippen molar-refractivity contribution in [2.24, 2.45) is 0 Å². The summed E-state index contributed by atoms with van der Waals surface area (Å²) in [4.78, 5) is 12.2. The van der Waals surface area contributed by atoms with E-state index in [0.29, 0.717) is 19.6 Å². The highest BCUT2D eigenvalue weighted by atomic mass is 16.6. The molecule has 0 amide bonds. The van der Waals surface area contributed by atoms with Gasteiger partial charge in [0.2, 0.25) is 0 Å². The minimum atomic E-state index is -0.534. The van der Waals surface area contributed by atoms with Crippen LogP contribution >= 0.6 is 0 Å². The Morgan fingerprint density at radius 2 is 0.882 bits per heavy atom. The SMILES string of the molecule is CC/C=C\C/C=C\C/C=C\C/C=C\CCCCCCCCCCCCCOCC(CO)OC(=O)CCCCCCCCCCCCCCCCC. The number of esters is 1. The second kappa shape index (κ2) is 44.5. The van der Waals surface area contributed by atoms with Gasteiger partial charge in [-0.05, 0) is 51.4 Å². The molecule has 0 aliphatic rings. The Hall–Kier alpha value is -1.65. The number of aliphatic hydroxyl groups is 1. The molecule has 0 saturated heterocycles. The van der Waals surface area contributed by atoms with Crippen LogP contribution in [0.5, 0.6) is 0 Å². The van der Waals surface area contributed by atoms with Crippen LogP contribution in [0.1, 0.15) is 219 Å². The third-order valence-electron chi connectivity index (χ3n) is 9.67. The largest absolute Gasteiger partial charge is 0.457 e. The van der Waals surface area contributed by atoms with Crippen LogP contribution in [0.2, 0.25) is 0 Å². The number of carbonyl (C=O) groups excluding carboxylic acids is 1. The second-order valence-corrected chi connectivity index (χ2v) is 14.7. The molecule has 0 aromatic heterocycles. The van der Waals surface area contributed by atoms with Crippen molar-refractivity contribution in [1.82, 2.24) is 0 Å². The third-order valence-corrected chi connectivity index (χ3v) is 9.67. The van der Waals surface area contributed by atoms with Crippen LogP contribution in [-0.2, 0) is 14.3 Å². The summed E-state index contributed by atoms with van der Waals surface area (Å²) in [6.45, 7) is 5.25. The van der Waals surface area contributed by atoms with Crippen molar-refractivity contribution in [3.05, 3.63) is 48.6 Å². The quantitative estimate of drug-likeness (QED) is 0.0389. The molecule has 0 aromatic rings. The van der Waals surface area contributed by atoms with E-state index in [4.69, 9.17) is 9.47 Å². The fraction of sp³-hybridized carbons (Fsp3) is 0.809. The molecule has 4 heteroatoms. The minimum absolute atomic E-state index is 0.171. The molecule has 1 N–H and O–H groups in total. The molecule has 0 radical (unpaired) electrons. The van der Waals surface area contributed by atoms with Gasteiger partial charge in [-0.15, -0.1) is 0 Å². The van der Waals surface area contributed by atoms with Gasteiger partial charge in [-0.25, -0.2) is 0 Å². The van der Waals surface area contributed by atoms with E-state index in [1.165, 1.54) is 154 Å². The number of aliphatic hydroxyl groups excluding tert-OH is 1. The van der Waals surface area contributed by atoms with Crippen molar-refractivity contribution in [2.75, 3.05) is 19.8 Å². The van der Waals surface area contributed by atoms with E-state index in [9.17, 15) is 9.90 Å². The van der Waals surface area contributed by atoms with Gasteiger partial charge in [0.05, 0.1) is 13.2 Å². The van der Waals surface area contributed by atoms with E-state index in [0.717, 1.165) is 44.9 Å². The maximum atomic E-state index is 12.2. The summed E-state index contributed by atoms with van der Waals surface area (Å²) in [7, 11) is 0. The van der Waals surface area contributed by atoms with Crippen LogP contribution in [0.3, 0.4) is 0 Å². The van der Waals surface area contributed by atoms with E-state index in [-0.39, 0.29) is 12.6 Å². The lowest BCUT2D eigenvalue weighted by atomic mass is 10.0. The highest BCUT2D eigenvalue weighted by Gasteiger charge is 2.13. The fourth-order valence-electron chi connectivity index (χ4n) is 6.38. The number of carbonyl (C=O) groups is 1. The highest BCUT2D eigenvalue weighted by molar-refractivity contribution is 5.69. The van der Waals surface area contributed by atoms with Crippen LogP contribution in [0.25, 0.3) is 0 Å². The fourth-order valence-corrected chi connectivity index (χ4v) is 6.38. The van der Waals surface area contributed by atoms with Crippen molar-refractivity contribution in [2.45, 2.75) is 225 Å². The predicted molar refractivity (Wildman–Crippen MR) is 223 cm³/mol. The molecule has 0 aliphatic heterocycles. The highest BCUT2D eigenvalue weighted by Crippen LogP contribution is 2.15. The first-order valence-electron chi connectivity index (χ1n) is 22.2. The van der Waals surface area contributed by atoms with Crippen molar-refractivity contribution < 1.29 is 19.4 Å². The van der Waals surface area contributed by atoms with Gasteiger partial charge in [0.1, 0.15) is 6.10 Å². The number of ether oxygens (including phenoxy) is 2. The molecular formula is C47H86O4. The average molecular weight is 715 g/mol. The number of hydrogen-bond donors (Lipinski definition) is 1. The predicted octanol–water partition coefficient (Wildman–Crippen LogP) is 14.7. The molecular weight excluding hydrogens is 629 g/mol. The van der Waals surface area contributed by atoms with Crippen molar-refractivity contribution in [1.29, 1.82) is 0 Å². The first-order chi connectivity index (χ1) is 25.2. The van der Waals surface area contributed by atoms with Crippen molar-refractivity contribution in [3.63, 3.8) is 0 Å². The van der Waals surface area contributed by atoms with Gasteiger partial charge in [0, 0.05) is 13.0 Å². The van der Waals surface area contributed by atoms with Gasteiger partial charge in [-0.3, -0.25) is 4.79 Å². The maximum Gasteiger partial charge on any atom is 0.306 e. The molecule has 0 aromatic carbocycles. The topological polar surface area (TPSA) is 55.8 Å². The molecule has 4 nitrogen and oxygen atoms in total. The Morgan fingerprint density at radius 1 is 0.490 bits per heavy atom. The average Bonchev–Trinajstić information content (AvgIpc) is 3.14. The maximum absolute atomic E-state index is 12.2. The molecule has 51 heavy (non-hydrogen) atoms. The van der Waals surface area contributed by atoms with Crippen LogP contribution in [0.4, 0.5) is 0 Å². The summed E-state index contributed by atoms with van der Waals surface area (Å²) < 4.78 is 11.2. The Balaban J connectivity index is 3.41. The number of rotatable bonds is 41. The second-order valence-electron chi connectivity index (χ2n) is 14.7. The van der Waals surface area contributed by atoms with Crippen LogP contribution in [0.15, 0.2) is 48.6 Å². The van der Waals surface area contributed by atoms with Gasteiger partial charge in [0.15, 0.2) is 0 Å². The van der Waals surface area contributed by atoms with Crippen molar-refractivity contribution >= 4 is 5.97 Å². The smallest absolute Gasteiger partial charge is 0.306 e. The molecule has 0 rings (SSSR count). The zero-order valence-corrected chi connectivity index (χ0v) is 34.1. The zero-order chi connectivity index (χ0) is 37.0. The third kappa shape index (κ3) is 42.7. The summed E-state index contributed by atoms with van der Waals surface area (Å²) in [6.07, 6.45) is 57.5. The Morgan fingerprint density at radius 3 is 1.33 bits per heavy atom. The van der Waals surface area contributed by atoms with Gasteiger partial charge < -0.3 is 14.6 Å². The number of hydrogen-bond acceptors (Lipinski definition) is 4. The molecule has 298 valence electrons. The Bertz CT molecular complexity index is 798. The lowest BCUT2D eigenvalue weighted by Gasteiger charge is -2.16. The van der Waals surface area contributed by atoms with Gasteiger partial charge in [-0.1, -0.05) is 210 Å². The first kappa shape index (κ1) is 49.4. The zero-order valence-electron chi connectivity index (χ0n) is 34.1. The minimum Gasteiger partial charge on any atom is -0.457 e. The summed E-state index contributed by atoms with van der Waals surface area (Å²) in [5, 5.41) is 9.61. The van der Waals surface area contributed by atoms with E-state index in [1.54, 1.807) is 0 Å². The molecule has 1 atom stereocenters. The normalized spacial score (nSPS) is 12.8. The Labute approximate surface area is 318 Å². The standard InChI is InChI=1S/C47H86O4/c1-3-5-7-9-11-13-15-17-19-20-21-22-23-24-25-26-27-29-31-33-35-37-39-41-43-50-45-46(44-48)51-47(49)42-40-38-36-34-32-30-28-18-16-14-12-10-8-6-4-2/h5,7,11,13,17,19,21-22,46,48H,3-4,6,8-10,12,14-16,18,20,23-45H2,1-2H3/b7-5-,13-11-,19-17-,22-21-. The van der Waals surface area contributed by atoms with E-state index < -0.39 is 6.10 Å². The lowest BCUT2D eigenvalue weighted by molar-refractivity contribution is -0.154. The summed E-state index contributed by atoms with van der Waals surface area (Å²) >= 11 is 0. The Kier molecular flexibility index (Phi) is 43.1. The molecule has 0 aliphatic carbocycles. The molecule has 0 saturated carbocycles. The van der Waals surface area contributed by atoms with Crippen LogP contribution in [0, 0.1) is 0 Å². The lowest BCUT2D eigenvalue weighted by Crippen LogP contribution is -2.27. The van der Waals surface area contributed by atoms with E-state index >= 15 is 0 Å². The van der Waals surface area contributed by atoms with Gasteiger partial charge in [0.25, 0.3) is 0 Å². The monoisotopic (exact) mass is 715 g/mol. The summed E-state index contributed by atoms with van der Waals surface area (Å²) in [5.41, 5.74) is 0.